The standard InChI is InChI=1S/C23H17ClN2O/c24-19-7-3-5-16-10-9-15-4-1-2-6-17(15)18(22(16)19)12-14-8-11-20-21(13-14)26-23(27)25-20/h1-8,11-13H,9-10H2,(H2,25,26,27)/b18-12-. The summed E-state index contributed by atoms with van der Waals surface area (Å²) in [5.41, 5.74) is 8.48. The third-order valence-corrected chi connectivity index (χ3v) is 5.51. The molecule has 0 radical (unpaired) electrons. The van der Waals surface area contributed by atoms with E-state index in [9.17, 15) is 4.79 Å². The van der Waals surface area contributed by atoms with Gasteiger partial charge in [0.05, 0.1) is 11.0 Å². The number of H-pyrrole nitrogens is 2. The molecule has 0 saturated carbocycles. The lowest BCUT2D eigenvalue weighted by Gasteiger charge is -2.14. The molecule has 0 bridgehead atoms. The van der Waals surface area contributed by atoms with Crippen LogP contribution in [0, 0.1) is 0 Å². The molecule has 0 fully saturated rings. The Labute approximate surface area is 161 Å². The Morgan fingerprint density at radius 1 is 0.852 bits per heavy atom. The zero-order valence-corrected chi connectivity index (χ0v) is 15.3. The van der Waals surface area contributed by atoms with Crippen LogP contribution in [0.2, 0.25) is 5.02 Å². The molecule has 0 amide bonds. The molecule has 4 aromatic rings. The van der Waals surface area contributed by atoms with Crippen molar-refractivity contribution in [2.75, 3.05) is 0 Å². The van der Waals surface area contributed by atoms with Crippen LogP contribution in [-0.2, 0) is 12.8 Å². The minimum Gasteiger partial charge on any atom is -0.306 e. The average Bonchev–Trinajstić information content (AvgIpc) is 2.96. The fourth-order valence-electron chi connectivity index (χ4n) is 3.94. The maximum absolute atomic E-state index is 11.6. The molecule has 0 unspecified atom stereocenters. The van der Waals surface area contributed by atoms with Crippen LogP contribution in [0.5, 0.6) is 0 Å². The molecule has 132 valence electrons. The molecular formula is C23H17ClN2O. The fraction of sp³-hybridized carbons (Fsp3) is 0.0870. The number of halogens is 1. The Kier molecular flexibility index (Phi) is 3.76. The first-order valence-corrected chi connectivity index (χ1v) is 9.36. The van der Waals surface area contributed by atoms with Crippen molar-refractivity contribution in [1.82, 2.24) is 9.97 Å². The van der Waals surface area contributed by atoms with Gasteiger partial charge < -0.3 is 9.97 Å². The van der Waals surface area contributed by atoms with E-state index in [4.69, 9.17) is 11.6 Å². The smallest absolute Gasteiger partial charge is 0.306 e. The molecule has 3 nitrogen and oxygen atoms in total. The predicted octanol–water partition coefficient (Wildman–Crippen LogP) is 5.20. The maximum Gasteiger partial charge on any atom is 0.323 e. The van der Waals surface area contributed by atoms with E-state index in [1.807, 2.05) is 30.3 Å². The Morgan fingerprint density at radius 3 is 2.56 bits per heavy atom. The van der Waals surface area contributed by atoms with E-state index in [0.717, 1.165) is 45.6 Å². The van der Waals surface area contributed by atoms with Crippen LogP contribution in [-0.4, -0.2) is 9.97 Å². The van der Waals surface area contributed by atoms with Crippen molar-refractivity contribution in [3.05, 3.63) is 104 Å². The van der Waals surface area contributed by atoms with Gasteiger partial charge in [0.2, 0.25) is 0 Å². The van der Waals surface area contributed by atoms with E-state index >= 15 is 0 Å². The normalized spacial score (nSPS) is 14.8. The van der Waals surface area contributed by atoms with Crippen molar-refractivity contribution >= 4 is 34.3 Å². The van der Waals surface area contributed by atoms with E-state index in [2.05, 4.69) is 46.4 Å². The van der Waals surface area contributed by atoms with Crippen LogP contribution in [0.3, 0.4) is 0 Å². The van der Waals surface area contributed by atoms with Gasteiger partial charge in [-0.1, -0.05) is 54.1 Å². The third kappa shape index (κ3) is 2.81. The van der Waals surface area contributed by atoms with Gasteiger partial charge in [-0.25, -0.2) is 4.79 Å². The third-order valence-electron chi connectivity index (χ3n) is 5.19. The fourth-order valence-corrected chi connectivity index (χ4v) is 4.24. The summed E-state index contributed by atoms with van der Waals surface area (Å²) in [6, 6.07) is 20.6. The molecule has 4 heteroatoms. The number of benzene rings is 3. The summed E-state index contributed by atoms with van der Waals surface area (Å²) < 4.78 is 0. The van der Waals surface area contributed by atoms with Crippen LogP contribution in [0.15, 0.2) is 65.5 Å². The Balaban J connectivity index is 1.78. The van der Waals surface area contributed by atoms with Gasteiger partial charge in [-0.3, -0.25) is 0 Å². The van der Waals surface area contributed by atoms with E-state index in [0.29, 0.717) is 0 Å². The Bertz CT molecular complexity index is 1260. The van der Waals surface area contributed by atoms with Gasteiger partial charge in [0, 0.05) is 10.6 Å². The molecule has 3 aromatic carbocycles. The molecule has 1 heterocycles. The molecule has 0 spiro atoms. The number of hydrogen-bond acceptors (Lipinski definition) is 1. The molecule has 0 aliphatic heterocycles. The van der Waals surface area contributed by atoms with E-state index < -0.39 is 0 Å². The molecule has 1 aliphatic carbocycles. The van der Waals surface area contributed by atoms with Crippen molar-refractivity contribution in [1.29, 1.82) is 0 Å². The van der Waals surface area contributed by atoms with Gasteiger partial charge >= 0.3 is 5.69 Å². The van der Waals surface area contributed by atoms with Gasteiger partial charge in [-0.2, -0.15) is 0 Å². The number of fused-ring (bicyclic) bond motifs is 3. The second-order valence-electron chi connectivity index (χ2n) is 6.87. The number of imidazole rings is 1. The molecule has 0 saturated heterocycles. The SMILES string of the molecule is O=c1[nH]c2ccc(/C=C3/c4ccccc4CCc4cccc(Cl)c43)cc2[nH]1. The first kappa shape index (κ1) is 16.2. The number of rotatable bonds is 1. The summed E-state index contributed by atoms with van der Waals surface area (Å²) in [6.45, 7) is 0. The van der Waals surface area contributed by atoms with E-state index in [1.54, 1.807) is 0 Å². The lowest BCUT2D eigenvalue weighted by Crippen LogP contribution is -1.99. The summed E-state index contributed by atoms with van der Waals surface area (Å²) in [4.78, 5) is 17.2. The van der Waals surface area contributed by atoms with E-state index in [1.165, 1.54) is 16.7 Å². The summed E-state index contributed by atoms with van der Waals surface area (Å²) in [7, 11) is 0. The van der Waals surface area contributed by atoms with Crippen LogP contribution in [0.25, 0.3) is 22.7 Å². The van der Waals surface area contributed by atoms with Gasteiger partial charge in [0.25, 0.3) is 0 Å². The molecular weight excluding hydrogens is 356 g/mol. The van der Waals surface area contributed by atoms with Crippen LogP contribution in [0.1, 0.15) is 27.8 Å². The predicted molar refractivity (Wildman–Crippen MR) is 111 cm³/mol. The number of hydrogen-bond donors (Lipinski definition) is 2. The molecule has 1 aliphatic rings. The Morgan fingerprint density at radius 2 is 1.63 bits per heavy atom. The highest BCUT2D eigenvalue weighted by Crippen LogP contribution is 2.38. The van der Waals surface area contributed by atoms with E-state index in [-0.39, 0.29) is 5.69 Å². The van der Waals surface area contributed by atoms with Crippen molar-refractivity contribution in [2.24, 2.45) is 0 Å². The first-order valence-electron chi connectivity index (χ1n) is 8.99. The number of aromatic amines is 2. The number of aryl methyl sites for hydroxylation is 2. The Hall–Kier alpha value is -3.04. The van der Waals surface area contributed by atoms with Crippen molar-refractivity contribution in [3.8, 4) is 0 Å². The monoisotopic (exact) mass is 372 g/mol. The largest absolute Gasteiger partial charge is 0.323 e. The van der Waals surface area contributed by atoms with Crippen LogP contribution >= 0.6 is 11.6 Å². The molecule has 2 N–H and O–H groups in total. The maximum atomic E-state index is 11.6. The minimum atomic E-state index is -0.192. The highest BCUT2D eigenvalue weighted by molar-refractivity contribution is 6.33. The molecule has 5 rings (SSSR count). The summed E-state index contributed by atoms with van der Waals surface area (Å²) in [5.74, 6) is 0. The molecule has 0 atom stereocenters. The first-order chi connectivity index (χ1) is 13.2. The highest BCUT2D eigenvalue weighted by atomic mass is 35.5. The van der Waals surface area contributed by atoms with Crippen molar-refractivity contribution < 1.29 is 0 Å². The topological polar surface area (TPSA) is 48.6 Å². The number of aromatic nitrogens is 2. The van der Waals surface area contributed by atoms with Crippen molar-refractivity contribution in [2.45, 2.75) is 12.8 Å². The zero-order valence-electron chi connectivity index (χ0n) is 14.6. The van der Waals surface area contributed by atoms with Gasteiger partial charge in [-0.05, 0) is 64.9 Å². The summed E-state index contributed by atoms with van der Waals surface area (Å²) in [5, 5.41) is 0.770. The second kappa shape index (κ2) is 6.29. The zero-order chi connectivity index (χ0) is 18.4. The second-order valence-corrected chi connectivity index (χ2v) is 7.28. The highest BCUT2D eigenvalue weighted by Gasteiger charge is 2.20. The quantitative estimate of drug-likeness (QED) is 0.474. The van der Waals surface area contributed by atoms with Crippen LogP contribution in [0.4, 0.5) is 0 Å². The molecule has 27 heavy (non-hydrogen) atoms. The summed E-state index contributed by atoms with van der Waals surface area (Å²) >= 11 is 6.65. The average molecular weight is 373 g/mol. The van der Waals surface area contributed by atoms with Crippen molar-refractivity contribution in [3.63, 3.8) is 0 Å². The minimum absolute atomic E-state index is 0.192. The number of nitrogens with one attached hydrogen (secondary N) is 2. The van der Waals surface area contributed by atoms with Gasteiger partial charge in [0.1, 0.15) is 0 Å². The van der Waals surface area contributed by atoms with Gasteiger partial charge in [-0.15, -0.1) is 0 Å². The summed E-state index contributed by atoms with van der Waals surface area (Å²) in [6.07, 6.45) is 4.12. The van der Waals surface area contributed by atoms with Crippen LogP contribution < -0.4 is 5.69 Å². The molecule has 1 aromatic heterocycles. The van der Waals surface area contributed by atoms with Gasteiger partial charge in [0.15, 0.2) is 0 Å². The lowest BCUT2D eigenvalue weighted by atomic mass is 9.92. The lowest BCUT2D eigenvalue weighted by molar-refractivity contribution is 0.965.